The molecule has 0 N–H and O–H groups in total. The van der Waals surface area contributed by atoms with E-state index in [-0.39, 0.29) is 47.7 Å². The lowest BCUT2D eigenvalue weighted by molar-refractivity contribution is 0.0144. The number of esters is 1. The Morgan fingerprint density at radius 1 is 1.11 bits per heavy atom. The van der Waals surface area contributed by atoms with Gasteiger partial charge in [-0.1, -0.05) is 11.2 Å². The summed E-state index contributed by atoms with van der Waals surface area (Å²) in [5.74, 6) is -0.407. The maximum atomic E-state index is 14.6. The van der Waals surface area contributed by atoms with E-state index in [4.69, 9.17) is 14.0 Å². The van der Waals surface area contributed by atoms with E-state index in [1.54, 1.807) is 6.07 Å². The number of ether oxygens (including phenoxy) is 2. The van der Waals surface area contributed by atoms with Crippen LogP contribution in [0.25, 0.3) is 11.3 Å². The SMILES string of the molecule is COC(=O)c1cc(C)nc(N2C3CCC2CC(OCc2c(-c4c(F)cccc4F)noc2C2CC2)C3)n1. The molecule has 3 fully saturated rings. The van der Waals surface area contributed by atoms with Crippen LogP contribution in [-0.4, -0.2) is 46.4 Å². The molecule has 0 amide bonds. The predicted molar refractivity (Wildman–Crippen MR) is 129 cm³/mol. The fraction of sp³-hybridized carbons (Fsp3) is 0.481. The van der Waals surface area contributed by atoms with Gasteiger partial charge in [0.25, 0.3) is 0 Å². The number of fused-ring (bicyclic) bond motifs is 2. The average molecular weight is 511 g/mol. The van der Waals surface area contributed by atoms with Gasteiger partial charge in [-0.25, -0.2) is 23.5 Å². The summed E-state index contributed by atoms with van der Waals surface area (Å²) in [6.45, 7) is 2.01. The second kappa shape index (κ2) is 9.48. The molecular formula is C27H28F2N4O4. The maximum Gasteiger partial charge on any atom is 0.356 e. The zero-order chi connectivity index (χ0) is 25.7. The van der Waals surface area contributed by atoms with Crippen LogP contribution in [0.4, 0.5) is 14.7 Å². The quantitative estimate of drug-likeness (QED) is 0.406. The Labute approximate surface area is 213 Å². The van der Waals surface area contributed by atoms with Crippen LogP contribution in [0.2, 0.25) is 0 Å². The Kier molecular flexibility index (Phi) is 6.14. The molecule has 194 valence electrons. The van der Waals surface area contributed by atoms with Crippen LogP contribution in [0, 0.1) is 18.6 Å². The topological polar surface area (TPSA) is 90.6 Å². The number of methoxy groups -OCH3 is 1. The Bertz CT molecular complexity index is 1310. The van der Waals surface area contributed by atoms with E-state index in [1.165, 1.54) is 25.3 Å². The van der Waals surface area contributed by atoms with E-state index in [0.29, 0.717) is 23.0 Å². The van der Waals surface area contributed by atoms with Gasteiger partial charge in [-0.3, -0.25) is 0 Å². The second-order valence-corrected chi connectivity index (χ2v) is 10.1. The van der Waals surface area contributed by atoms with Crippen molar-refractivity contribution in [1.29, 1.82) is 0 Å². The fourth-order valence-corrected chi connectivity index (χ4v) is 5.72. The highest BCUT2D eigenvalue weighted by atomic mass is 19.1. The number of halogens is 2. The minimum atomic E-state index is -0.673. The summed E-state index contributed by atoms with van der Waals surface area (Å²) in [6.07, 6.45) is 5.36. The van der Waals surface area contributed by atoms with E-state index >= 15 is 0 Å². The first-order valence-electron chi connectivity index (χ1n) is 12.7. The van der Waals surface area contributed by atoms with Gasteiger partial charge in [0.1, 0.15) is 23.1 Å². The van der Waals surface area contributed by atoms with E-state index in [0.717, 1.165) is 38.5 Å². The fourth-order valence-electron chi connectivity index (χ4n) is 5.72. The molecule has 2 atom stereocenters. The molecule has 2 saturated heterocycles. The molecule has 3 aliphatic rings. The number of piperidine rings is 1. The number of carbonyl (C=O) groups is 1. The van der Waals surface area contributed by atoms with Gasteiger partial charge in [0, 0.05) is 29.3 Å². The van der Waals surface area contributed by atoms with Crippen LogP contribution in [0.1, 0.15) is 71.9 Å². The smallest absolute Gasteiger partial charge is 0.356 e. The third-order valence-electron chi connectivity index (χ3n) is 7.59. The number of benzene rings is 1. The molecule has 2 aliphatic heterocycles. The van der Waals surface area contributed by atoms with Crippen molar-refractivity contribution >= 4 is 11.9 Å². The largest absolute Gasteiger partial charge is 0.464 e. The van der Waals surface area contributed by atoms with E-state index in [2.05, 4.69) is 20.0 Å². The van der Waals surface area contributed by atoms with Gasteiger partial charge in [-0.2, -0.15) is 0 Å². The molecule has 0 spiro atoms. The number of nitrogens with zero attached hydrogens (tertiary/aromatic N) is 4. The zero-order valence-corrected chi connectivity index (χ0v) is 20.7. The molecule has 1 saturated carbocycles. The summed E-state index contributed by atoms with van der Waals surface area (Å²) in [4.78, 5) is 23.4. The third-order valence-corrected chi connectivity index (χ3v) is 7.59. The number of carbonyl (C=O) groups excluding carboxylic acids is 1. The van der Waals surface area contributed by atoms with Gasteiger partial charge in [-0.15, -0.1) is 0 Å². The van der Waals surface area contributed by atoms with Crippen molar-refractivity contribution < 1.29 is 27.6 Å². The van der Waals surface area contributed by atoms with Gasteiger partial charge in [0.2, 0.25) is 5.95 Å². The summed E-state index contributed by atoms with van der Waals surface area (Å²) in [5.41, 5.74) is 1.59. The van der Waals surface area contributed by atoms with Gasteiger partial charge in [-0.05, 0) is 63.6 Å². The lowest BCUT2D eigenvalue weighted by atomic mass is 9.99. The number of hydrogen-bond donors (Lipinski definition) is 0. The first-order valence-corrected chi connectivity index (χ1v) is 12.7. The average Bonchev–Trinajstić information content (AvgIpc) is 3.59. The number of aryl methyl sites for hydroxylation is 1. The van der Waals surface area contributed by atoms with Crippen molar-refractivity contribution in [3.05, 3.63) is 58.6 Å². The van der Waals surface area contributed by atoms with Crippen LogP contribution in [-0.2, 0) is 16.1 Å². The van der Waals surface area contributed by atoms with E-state index < -0.39 is 17.6 Å². The van der Waals surface area contributed by atoms with E-state index in [9.17, 15) is 13.6 Å². The van der Waals surface area contributed by atoms with Crippen molar-refractivity contribution in [2.75, 3.05) is 12.0 Å². The minimum absolute atomic E-state index is 0.0427. The molecule has 2 aromatic heterocycles. The second-order valence-electron chi connectivity index (χ2n) is 10.1. The molecule has 37 heavy (non-hydrogen) atoms. The Morgan fingerprint density at radius 2 is 1.81 bits per heavy atom. The molecule has 2 bridgehead atoms. The van der Waals surface area contributed by atoms with Crippen LogP contribution < -0.4 is 4.90 Å². The molecule has 1 aromatic carbocycles. The van der Waals surface area contributed by atoms with Gasteiger partial charge in [0.15, 0.2) is 5.69 Å². The summed E-state index contributed by atoms with van der Waals surface area (Å²) < 4.78 is 45.9. The number of rotatable bonds is 7. The maximum absolute atomic E-state index is 14.6. The summed E-state index contributed by atoms with van der Waals surface area (Å²) in [6, 6.07) is 5.75. The molecule has 2 unspecified atom stereocenters. The molecule has 10 heteroatoms. The van der Waals surface area contributed by atoms with E-state index in [1.807, 2.05) is 6.92 Å². The molecule has 8 nitrogen and oxygen atoms in total. The molecule has 6 rings (SSSR count). The highest BCUT2D eigenvalue weighted by molar-refractivity contribution is 5.87. The summed E-state index contributed by atoms with van der Waals surface area (Å²) >= 11 is 0. The molecule has 4 heterocycles. The lowest BCUT2D eigenvalue weighted by Gasteiger charge is -2.39. The van der Waals surface area contributed by atoms with Crippen molar-refractivity contribution in [2.24, 2.45) is 0 Å². The molecule has 3 aromatic rings. The van der Waals surface area contributed by atoms with Crippen LogP contribution in [0.3, 0.4) is 0 Å². The predicted octanol–water partition coefficient (Wildman–Crippen LogP) is 5.10. The number of anilines is 1. The van der Waals surface area contributed by atoms with Crippen molar-refractivity contribution in [1.82, 2.24) is 15.1 Å². The molecule has 0 radical (unpaired) electrons. The standard InChI is InChI=1S/C27H28F2N4O4/c1-14-10-22(26(34)35-2)31-27(30-14)33-16-8-9-17(33)12-18(11-16)36-13-19-24(32-37-25(19)15-6-7-15)23-20(28)4-3-5-21(23)29/h3-5,10,15-18H,6-9,11-13H2,1-2H3. The minimum Gasteiger partial charge on any atom is -0.464 e. The van der Waals surface area contributed by atoms with Gasteiger partial charge >= 0.3 is 5.97 Å². The summed E-state index contributed by atoms with van der Waals surface area (Å²) in [7, 11) is 1.34. The number of aromatic nitrogens is 3. The normalized spacial score (nSPS) is 22.9. The Hall–Kier alpha value is -3.40. The Morgan fingerprint density at radius 3 is 2.46 bits per heavy atom. The monoisotopic (exact) mass is 510 g/mol. The Balaban J connectivity index is 1.21. The first-order chi connectivity index (χ1) is 17.9. The lowest BCUT2D eigenvalue weighted by Crippen LogP contribution is -2.46. The molecule has 1 aliphatic carbocycles. The summed E-state index contributed by atoms with van der Waals surface area (Å²) in [5, 5.41) is 4.07. The highest BCUT2D eigenvalue weighted by Gasteiger charge is 2.43. The zero-order valence-electron chi connectivity index (χ0n) is 20.7. The van der Waals surface area contributed by atoms with Crippen LogP contribution in [0.15, 0.2) is 28.8 Å². The van der Waals surface area contributed by atoms with Crippen LogP contribution in [0.5, 0.6) is 0 Å². The highest BCUT2D eigenvalue weighted by Crippen LogP contribution is 2.45. The van der Waals surface area contributed by atoms with Gasteiger partial charge < -0.3 is 18.9 Å². The van der Waals surface area contributed by atoms with Crippen LogP contribution >= 0.6 is 0 Å². The number of hydrogen-bond acceptors (Lipinski definition) is 8. The third kappa shape index (κ3) is 4.47. The molecular weight excluding hydrogens is 482 g/mol. The van der Waals surface area contributed by atoms with Crippen molar-refractivity contribution in [3.8, 4) is 11.3 Å². The van der Waals surface area contributed by atoms with Crippen molar-refractivity contribution in [3.63, 3.8) is 0 Å². The van der Waals surface area contributed by atoms with Gasteiger partial charge in [0.05, 0.1) is 25.4 Å². The van der Waals surface area contributed by atoms with Crippen molar-refractivity contribution in [2.45, 2.75) is 76.2 Å². The first kappa shape index (κ1) is 24.0.